The highest BCUT2D eigenvalue weighted by molar-refractivity contribution is 7.99. The second kappa shape index (κ2) is 9.02. The number of rotatable bonds is 7. The Morgan fingerprint density at radius 2 is 1.35 bits per heavy atom. The number of hydrogen-bond donors (Lipinski definition) is 1. The zero-order valence-corrected chi connectivity index (χ0v) is 15.0. The Morgan fingerprint density at radius 3 is 2.08 bits per heavy atom. The lowest BCUT2D eigenvalue weighted by Crippen LogP contribution is -2.14. The second-order valence-electron chi connectivity index (χ2n) is 5.75. The van der Waals surface area contributed by atoms with Crippen LogP contribution >= 0.6 is 11.8 Å². The van der Waals surface area contributed by atoms with Crippen LogP contribution in [0, 0.1) is 0 Å². The van der Waals surface area contributed by atoms with Crippen LogP contribution in [0.25, 0.3) is 0 Å². The summed E-state index contributed by atoms with van der Waals surface area (Å²) >= 11 is 1.60. The van der Waals surface area contributed by atoms with Crippen molar-refractivity contribution < 1.29 is 9.59 Å². The van der Waals surface area contributed by atoms with Gasteiger partial charge in [-0.25, -0.2) is 0 Å². The molecule has 0 spiro atoms. The highest BCUT2D eigenvalue weighted by Gasteiger charge is 2.11. The maximum Gasteiger partial charge on any atom is 0.224 e. The van der Waals surface area contributed by atoms with Crippen LogP contribution in [-0.4, -0.2) is 11.7 Å². The van der Waals surface area contributed by atoms with E-state index in [2.05, 4.69) is 5.32 Å². The third-order valence-corrected chi connectivity index (χ3v) is 4.89. The van der Waals surface area contributed by atoms with Crippen molar-refractivity contribution in [1.82, 2.24) is 0 Å². The van der Waals surface area contributed by atoms with Crippen molar-refractivity contribution in [2.45, 2.75) is 22.6 Å². The van der Waals surface area contributed by atoms with E-state index >= 15 is 0 Å². The molecule has 0 aliphatic carbocycles. The monoisotopic (exact) mass is 361 g/mol. The molecule has 3 nitrogen and oxygen atoms in total. The molecular formula is C22H19NO2S. The molecule has 0 aliphatic rings. The van der Waals surface area contributed by atoms with Crippen LogP contribution in [0.4, 0.5) is 5.69 Å². The Hall–Kier alpha value is -2.85. The van der Waals surface area contributed by atoms with Gasteiger partial charge in [-0.05, 0) is 24.3 Å². The minimum absolute atomic E-state index is 0.0207. The van der Waals surface area contributed by atoms with Crippen LogP contribution in [0.3, 0.4) is 0 Å². The first-order valence-corrected chi connectivity index (χ1v) is 9.24. The summed E-state index contributed by atoms with van der Waals surface area (Å²) in [6, 6.07) is 26.7. The van der Waals surface area contributed by atoms with E-state index in [0.717, 1.165) is 15.5 Å². The van der Waals surface area contributed by atoms with Gasteiger partial charge in [0, 0.05) is 28.2 Å². The molecule has 0 bridgehead atoms. The normalized spacial score (nSPS) is 10.3. The van der Waals surface area contributed by atoms with Gasteiger partial charge in [-0.15, -0.1) is 0 Å². The molecule has 0 radical (unpaired) electrons. The third-order valence-electron chi connectivity index (χ3n) is 3.81. The lowest BCUT2D eigenvalue weighted by atomic mass is 10.1. The van der Waals surface area contributed by atoms with Gasteiger partial charge in [0.15, 0.2) is 5.78 Å². The van der Waals surface area contributed by atoms with E-state index in [-0.39, 0.29) is 24.5 Å². The van der Waals surface area contributed by atoms with Gasteiger partial charge in [-0.3, -0.25) is 9.59 Å². The first kappa shape index (κ1) is 18.0. The maximum atomic E-state index is 12.3. The number of nitrogens with one attached hydrogen (secondary N) is 1. The molecule has 0 fully saturated rings. The summed E-state index contributed by atoms with van der Waals surface area (Å²) in [6.07, 6.45) is 0.363. The predicted molar refractivity (Wildman–Crippen MR) is 106 cm³/mol. The molecule has 0 atom stereocenters. The number of hydrogen-bond acceptors (Lipinski definition) is 3. The van der Waals surface area contributed by atoms with Crippen molar-refractivity contribution in [3.63, 3.8) is 0 Å². The quantitative estimate of drug-likeness (QED) is 0.570. The molecule has 0 aliphatic heterocycles. The van der Waals surface area contributed by atoms with Crippen molar-refractivity contribution in [3.05, 3.63) is 90.5 Å². The maximum absolute atomic E-state index is 12.3. The lowest BCUT2D eigenvalue weighted by Gasteiger charge is -2.10. The van der Waals surface area contributed by atoms with Crippen molar-refractivity contribution in [1.29, 1.82) is 0 Å². The third kappa shape index (κ3) is 5.07. The molecule has 26 heavy (non-hydrogen) atoms. The van der Waals surface area contributed by atoms with Crippen molar-refractivity contribution in [2.24, 2.45) is 0 Å². The number of carbonyl (C=O) groups excluding carboxylic acids is 2. The van der Waals surface area contributed by atoms with E-state index in [0.29, 0.717) is 5.56 Å². The van der Waals surface area contributed by atoms with E-state index in [4.69, 9.17) is 0 Å². The molecular weight excluding hydrogens is 342 g/mol. The zero-order chi connectivity index (χ0) is 18.2. The molecule has 3 rings (SSSR count). The number of ketones is 1. The summed E-state index contributed by atoms with van der Waals surface area (Å²) in [6.45, 7) is 0. The van der Waals surface area contributed by atoms with Gasteiger partial charge in [0.25, 0.3) is 0 Å². The summed E-state index contributed by atoms with van der Waals surface area (Å²) in [4.78, 5) is 26.5. The molecule has 0 heterocycles. The highest BCUT2D eigenvalue weighted by atomic mass is 32.2. The van der Waals surface area contributed by atoms with Crippen molar-refractivity contribution in [3.8, 4) is 0 Å². The molecule has 0 saturated carbocycles. The summed E-state index contributed by atoms with van der Waals surface area (Å²) in [7, 11) is 0. The Kier molecular flexibility index (Phi) is 6.23. The number of Topliss-reactive ketones (excluding diaryl/α,β-unsaturated/α-hetero) is 1. The SMILES string of the molecule is O=C(CCC(=O)c1ccccc1)Nc1ccccc1Sc1ccccc1. The van der Waals surface area contributed by atoms with E-state index in [1.54, 1.807) is 23.9 Å². The van der Waals surface area contributed by atoms with Gasteiger partial charge < -0.3 is 5.32 Å². The molecule has 3 aromatic carbocycles. The average Bonchev–Trinajstić information content (AvgIpc) is 2.69. The predicted octanol–water partition coefficient (Wildman–Crippen LogP) is 5.44. The standard InChI is InChI=1S/C22H19NO2S/c24-20(17-9-3-1-4-10-17)15-16-22(25)23-19-13-7-8-14-21(19)26-18-11-5-2-6-12-18/h1-14H,15-16H2,(H,23,25). The molecule has 1 amide bonds. The largest absolute Gasteiger partial charge is 0.325 e. The van der Waals surface area contributed by atoms with E-state index in [9.17, 15) is 9.59 Å². The average molecular weight is 361 g/mol. The summed E-state index contributed by atoms with van der Waals surface area (Å²) in [5, 5.41) is 2.93. The first-order valence-electron chi connectivity index (χ1n) is 8.42. The number of para-hydroxylation sites is 1. The van der Waals surface area contributed by atoms with Crippen LogP contribution in [0.1, 0.15) is 23.2 Å². The van der Waals surface area contributed by atoms with Gasteiger partial charge in [0.05, 0.1) is 5.69 Å². The van der Waals surface area contributed by atoms with E-state index in [1.165, 1.54) is 0 Å². The summed E-state index contributed by atoms with van der Waals surface area (Å²) in [5.74, 6) is -0.178. The van der Waals surface area contributed by atoms with Crippen LogP contribution in [0.2, 0.25) is 0 Å². The van der Waals surface area contributed by atoms with Crippen molar-refractivity contribution in [2.75, 3.05) is 5.32 Å². The molecule has 0 saturated heterocycles. The van der Waals surface area contributed by atoms with Crippen LogP contribution in [0.15, 0.2) is 94.7 Å². The van der Waals surface area contributed by atoms with Crippen molar-refractivity contribution >= 4 is 29.1 Å². The van der Waals surface area contributed by atoms with Crippen LogP contribution in [-0.2, 0) is 4.79 Å². The fourth-order valence-electron chi connectivity index (χ4n) is 2.48. The van der Waals surface area contributed by atoms with E-state index in [1.807, 2.05) is 72.8 Å². The number of amides is 1. The molecule has 3 aromatic rings. The van der Waals surface area contributed by atoms with Gasteiger partial charge in [0.1, 0.15) is 0 Å². The highest BCUT2D eigenvalue weighted by Crippen LogP contribution is 2.33. The smallest absolute Gasteiger partial charge is 0.224 e. The first-order chi connectivity index (χ1) is 12.7. The van der Waals surface area contributed by atoms with Crippen LogP contribution in [0.5, 0.6) is 0 Å². The Labute approximate surface area is 157 Å². The van der Waals surface area contributed by atoms with Gasteiger partial charge in [0.2, 0.25) is 5.91 Å². The number of anilines is 1. The topological polar surface area (TPSA) is 46.2 Å². The molecule has 130 valence electrons. The Bertz CT molecular complexity index is 879. The zero-order valence-electron chi connectivity index (χ0n) is 14.2. The van der Waals surface area contributed by atoms with E-state index < -0.39 is 0 Å². The fraction of sp³-hybridized carbons (Fsp3) is 0.0909. The Balaban J connectivity index is 1.60. The number of benzene rings is 3. The van der Waals surface area contributed by atoms with Gasteiger partial charge >= 0.3 is 0 Å². The summed E-state index contributed by atoms with van der Waals surface area (Å²) in [5.41, 5.74) is 1.40. The lowest BCUT2D eigenvalue weighted by molar-refractivity contribution is -0.116. The Morgan fingerprint density at radius 1 is 0.731 bits per heavy atom. The minimum atomic E-state index is -0.157. The molecule has 4 heteroatoms. The second-order valence-corrected chi connectivity index (χ2v) is 6.86. The molecule has 1 N–H and O–H groups in total. The number of carbonyl (C=O) groups is 2. The fourth-order valence-corrected chi connectivity index (χ4v) is 3.41. The molecule has 0 unspecified atom stereocenters. The minimum Gasteiger partial charge on any atom is -0.325 e. The molecule has 0 aromatic heterocycles. The van der Waals surface area contributed by atoms with Crippen LogP contribution < -0.4 is 5.32 Å². The summed E-state index contributed by atoms with van der Waals surface area (Å²) < 4.78 is 0. The van der Waals surface area contributed by atoms with Gasteiger partial charge in [-0.1, -0.05) is 72.4 Å². The van der Waals surface area contributed by atoms with Gasteiger partial charge in [-0.2, -0.15) is 0 Å².